The largest absolute Gasteiger partial charge is 0.290 e. The van der Waals surface area contributed by atoms with E-state index in [1.807, 2.05) is 18.2 Å². The summed E-state index contributed by atoms with van der Waals surface area (Å²) in [6.07, 6.45) is 3.19. The van der Waals surface area contributed by atoms with Crippen molar-refractivity contribution < 1.29 is 4.79 Å². The summed E-state index contributed by atoms with van der Waals surface area (Å²) in [5.41, 5.74) is 1.27. The van der Waals surface area contributed by atoms with Gasteiger partial charge in [-0.3, -0.25) is 9.78 Å². The number of Topliss-reactive ketones (excluding diaryl/α,β-unsaturated/α-hetero) is 1. The first-order chi connectivity index (χ1) is 11.2. The maximum atomic E-state index is 12.5. The molecule has 0 radical (unpaired) electrons. The Labute approximate surface area is 137 Å². The molecule has 0 amide bonds. The van der Waals surface area contributed by atoms with Crippen LogP contribution < -0.4 is 0 Å². The highest BCUT2D eigenvalue weighted by Crippen LogP contribution is 2.21. The van der Waals surface area contributed by atoms with Crippen molar-refractivity contribution in [1.29, 1.82) is 5.26 Å². The molecule has 2 aromatic heterocycles. The van der Waals surface area contributed by atoms with Crippen molar-refractivity contribution in [2.75, 3.05) is 0 Å². The predicted molar refractivity (Wildman–Crippen MR) is 85.5 cm³/mol. The van der Waals surface area contributed by atoms with Crippen LogP contribution in [0.25, 0.3) is 5.69 Å². The zero-order valence-corrected chi connectivity index (χ0v) is 12.7. The number of aromatic nitrogens is 3. The lowest BCUT2D eigenvalue weighted by Crippen LogP contribution is -2.13. The number of halogens is 1. The Morgan fingerprint density at radius 1 is 1.17 bits per heavy atom. The third-order valence-electron chi connectivity index (χ3n) is 3.32. The monoisotopic (exact) mass is 322 g/mol. The second-order valence-electron chi connectivity index (χ2n) is 4.78. The number of ketones is 1. The lowest BCUT2D eigenvalue weighted by Gasteiger charge is -2.06. The molecule has 0 aliphatic rings. The van der Waals surface area contributed by atoms with Crippen LogP contribution in [0, 0.1) is 11.3 Å². The molecule has 112 valence electrons. The molecule has 2 heterocycles. The third kappa shape index (κ3) is 2.98. The van der Waals surface area contributed by atoms with E-state index in [9.17, 15) is 10.1 Å². The van der Waals surface area contributed by atoms with E-state index in [4.69, 9.17) is 11.6 Å². The van der Waals surface area contributed by atoms with Crippen LogP contribution in [0.15, 0.2) is 60.9 Å². The molecule has 1 aromatic carbocycles. The molecule has 0 saturated heterocycles. The standard InChI is InChI=1S/C17H11ClN4O/c18-13-5-1-2-7-16(13)22-10-8-15(21-22)17(23)12(11-19)14-6-3-4-9-20-14/h1-10,12H/t12-/m1/s1. The van der Waals surface area contributed by atoms with E-state index < -0.39 is 11.7 Å². The van der Waals surface area contributed by atoms with Gasteiger partial charge in [0.15, 0.2) is 5.92 Å². The summed E-state index contributed by atoms with van der Waals surface area (Å²) in [5, 5.41) is 14.1. The first-order valence-corrected chi connectivity index (χ1v) is 7.24. The average Bonchev–Trinajstić information content (AvgIpc) is 3.06. The van der Waals surface area contributed by atoms with Crippen LogP contribution in [-0.4, -0.2) is 20.5 Å². The highest BCUT2D eigenvalue weighted by Gasteiger charge is 2.25. The molecule has 3 rings (SSSR count). The topological polar surface area (TPSA) is 71.6 Å². The Hall–Kier alpha value is -2.97. The number of hydrogen-bond donors (Lipinski definition) is 0. The van der Waals surface area contributed by atoms with Crippen LogP contribution in [0.5, 0.6) is 0 Å². The maximum Gasteiger partial charge on any atom is 0.206 e. The van der Waals surface area contributed by atoms with Gasteiger partial charge in [0.05, 0.1) is 22.5 Å². The Balaban J connectivity index is 1.93. The predicted octanol–water partition coefficient (Wildman–Crippen LogP) is 3.41. The fourth-order valence-electron chi connectivity index (χ4n) is 2.18. The van der Waals surface area contributed by atoms with E-state index in [1.165, 1.54) is 4.68 Å². The number of hydrogen-bond acceptors (Lipinski definition) is 4. The summed E-state index contributed by atoms with van der Waals surface area (Å²) >= 11 is 6.13. The number of benzene rings is 1. The summed E-state index contributed by atoms with van der Waals surface area (Å²) in [5.74, 6) is -1.37. The van der Waals surface area contributed by atoms with Crippen LogP contribution in [0.1, 0.15) is 22.1 Å². The van der Waals surface area contributed by atoms with Gasteiger partial charge in [-0.25, -0.2) is 4.68 Å². The van der Waals surface area contributed by atoms with Gasteiger partial charge in [0, 0.05) is 12.4 Å². The minimum absolute atomic E-state index is 0.196. The summed E-state index contributed by atoms with van der Waals surface area (Å²) in [4.78, 5) is 16.6. The molecule has 0 unspecified atom stereocenters. The third-order valence-corrected chi connectivity index (χ3v) is 3.64. The second kappa shape index (κ2) is 6.42. The molecule has 3 aromatic rings. The summed E-state index contributed by atoms with van der Waals surface area (Å²) in [6, 6.07) is 15.9. The van der Waals surface area contributed by atoms with Gasteiger partial charge in [0.25, 0.3) is 0 Å². The van der Waals surface area contributed by atoms with E-state index in [0.29, 0.717) is 16.4 Å². The van der Waals surface area contributed by atoms with Gasteiger partial charge in [-0.1, -0.05) is 29.8 Å². The highest BCUT2D eigenvalue weighted by atomic mass is 35.5. The van der Waals surface area contributed by atoms with Crippen LogP contribution in [0.4, 0.5) is 0 Å². The zero-order chi connectivity index (χ0) is 16.2. The SMILES string of the molecule is N#C[C@@H](C(=O)c1ccn(-c2ccccc2Cl)n1)c1ccccn1. The number of pyridine rings is 1. The number of carbonyl (C=O) groups is 1. The molecular weight excluding hydrogens is 312 g/mol. The molecule has 1 atom stereocenters. The van der Waals surface area contributed by atoms with Crippen molar-refractivity contribution in [2.45, 2.75) is 5.92 Å². The van der Waals surface area contributed by atoms with Gasteiger partial charge in [-0.05, 0) is 30.3 Å². The van der Waals surface area contributed by atoms with Gasteiger partial charge in [-0.15, -0.1) is 0 Å². The van der Waals surface area contributed by atoms with Crippen LogP contribution in [-0.2, 0) is 0 Å². The van der Waals surface area contributed by atoms with Crippen molar-refractivity contribution in [3.8, 4) is 11.8 Å². The normalized spacial score (nSPS) is 11.7. The number of nitrogens with zero attached hydrogens (tertiary/aromatic N) is 4. The fraction of sp³-hybridized carbons (Fsp3) is 0.0588. The number of carbonyl (C=O) groups excluding carboxylic acids is 1. The van der Waals surface area contributed by atoms with Gasteiger partial charge >= 0.3 is 0 Å². The van der Waals surface area contributed by atoms with E-state index in [-0.39, 0.29) is 5.69 Å². The molecule has 0 aliphatic carbocycles. The molecule has 5 nitrogen and oxygen atoms in total. The minimum atomic E-state index is -0.981. The van der Waals surface area contributed by atoms with Gasteiger partial charge in [-0.2, -0.15) is 10.4 Å². The Morgan fingerprint density at radius 3 is 2.65 bits per heavy atom. The van der Waals surface area contributed by atoms with Gasteiger partial charge in [0.2, 0.25) is 5.78 Å². The van der Waals surface area contributed by atoms with Crippen LogP contribution in [0.3, 0.4) is 0 Å². The van der Waals surface area contributed by atoms with Crippen molar-refractivity contribution in [2.24, 2.45) is 0 Å². The van der Waals surface area contributed by atoms with E-state index in [2.05, 4.69) is 10.1 Å². The Kier molecular flexibility index (Phi) is 4.18. The molecule has 0 bridgehead atoms. The van der Waals surface area contributed by atoms with Crippen molar-refractivity contribution >= 4 is 17.4 Å². The van der Waals surface area contributed by atoms with Crippen molar-refractivity contribution in [1.82, 2.24) is 14.8 Å². The number of rotatable bonds is 4. The minimum Gasteiger partial charge on any atom is -0.290 e. The Bertz CT molecular complexity index is 883. The molecule has 0 spiro atoms. The summed E-state index contributed by atoms with van der Waals surface area (Å²) < 4.78 is 1.52. The molecule has 0 N–H and O–H groups in total. The lowest BCUT2D eigenvalue weighted by molar-refractivity contribution is 0.0972. The van der Waals surface area contributed by atoms with Crippen molar-refractivity contribution in [3.05, 3.63) is 77.3 Å². The molecular formula is C17H11ClN4O. The van der Waals surface area contributed by atoms with E-state index in [0.717, 1.165) is 0 Å². The summed E-state index contributed by atoms with van der Waals surface area (Å²) in [6.45, 7) is 0. The van der Waals surface area contributed by atoms with E-state index in [1.54, 1.807) is 48.8 Å². The Morgan fingerprint density at radius 2 is 1.96 bits per heavy atom. The zero-order valence-electron chi connectivity index (χ0n) is 11.9. The molecule has 23 heavy (non-hydrogen) atoms. The van der Waals surface area contributed by atoms with Crippen LogP contribution >= 0.6 is 11.6 Å². The van der Waals surface area contributed by atoms with Crippen LogP contribution in [0.2, 0.25) is 5.02 Å². The first kappa shape index (κ1) is 14.9. The summed E-state index contributed by atoms with van der Waals surface area (Å²) in [7, 11) is 0. The smallest absolute Gasteiger partial charge is 0.206 e. The average molecular weight is 323 g/mol. The molecule has 0 saturated carbocycles. The first-order valence-electron chi connectivity index (χ1n) is 6.86. The van der Waals surface area contributed by atoms with Gasteiger partial charge in [0.1, 0.15) is 5.69 Å². The second-order valence-corrected chi connectivity index (χ2v) is 5.19. The van der Waals surface area contributed by atoms with Crippen molar-refractivity contribution in [3.63, 3.8) is 0 Å². The fourth-order valence-corrected chi connectivity index (χ4v) is 2.40. The molecule has 0 fully saturated rings. The highest BCUT2D eigenvalue weighted by molar-refractivity contribution is 6.32. The number of nitriles is 1. The quantitative estimate of drug-likeness (QED) is 0.690. The molecule has 0 aliphatic heterocycles. The lowest BCUT2D eigenvalue weighted by atomic mass is 9.99. The maximum absolute atomic E-state index is 12.5. The molecule has 6 heteroatoms. The number of para-hydroxylation sites is 1. The van der Waals surface area contributed by atoms with Gasteiger partial charge < -0.3 is 0 Å². The van der Waals surface area contributed by atoms with E-state index >= 15 is 0 Å².